The van der Waals surface area contributed by atoms with Gasteiger partial charge in [0, 0.05) is 29.6 Å². The van der Waals surface area contributed by atoms with Crippen molar-refractivity contribution in [3.63, 3.8) is 0 Å². The number of rotatable bonds is 3. The van der Waals surface area contributed by atoms with Gasteiger partial charge >= 0.3 is 0 Å². The summed E-state index contributed by atoms with van der Waals surface area (Å²) in [5, 5.41) is 11.0. The quantitative estimate of drug-likeness (QED) is 0.332. The lowest BCUT2D eigenvalue weighted by atomic mass is 9.76. The normalized spacial score (nSPS) is 25.0. The minimum Gasteiger partial charge on any atom is -0.550 e. The minimum atomic E-state index is -1.05. The lowest BCUT2D eigenvalue weighted by Crippen LogP contribution is -2.59. The van der Waals surface area contributed by atoms with Crippen molar-refractivity contribution in [2.75, 3.05) is 20.1 Å². The van der Waals surface area contributed by atoms with Gasteiger partial charge in [0.15, 0.2) is 17.3 Å². The summed E-state index contributed by atoms with van der Waals surface area (Å²) < 4.78 is 2.04. The Bertz CT molecular complexity index is 931. The molecule has 0 bridgehead atoms. The minimum absolute atomic E-state index is 0.162. The van der Waals surface area contributed by atoms with Crippen molar-refractivity contribution in [1.29, 1.82) is 0 Å². The lowest BCUT2D eigenvalue weighted by molar-refractivity contribution is -0.401. The Morgan fingerprint density at radius 1 is 1.18 bits per heavy atom. The smallest absolute Gasteiger partial charge is 0.209 e. The van der Waals surface area contributed by atoms with E-state index in [4.69, 9.17) is 0 Å². The molecule has 28 heavy (non-hydrogen) atoms. The van der Waals surface area contributed by atoms with Gasteiger partial charge in [-0.15, -0.1) is 0 Å². The van der Waals surface area contributed by atoms with Crippen LogP contribution in [0.1, 0.15) is 32.3 Å². The van der Waals surface area contributed by atoms with Crippen LogP contribution in [0, 0.1) is 5.92 Å². The summed E-state index contributed by atoms with van der Waals surface area (Å²) in [5.41, 5.74) is 3.13. The molecule has 6 heteroatoms. The Labute approximate surface area is 164 Å². The first-order valence-electron chi connectivity index (χ1n) is 9.69. The van der Waals surface area contributed by atoms with E-state index in [1.165, 1.54) is 5.56 Å². The molecule has 0 aromatic heterocycles. The van der Waals surface area contributed by atoms with Crippen molar-refractivity contribution in [3.05, 3.63) is 41.5 Å². The number of carbonyl (C=O) groups is 3. The van der Waals surface area contributed by atoms with E-state index in [1.54, 1.807) is 6.08 Å². The topological polar surface area (TPSA) is 80.5 Å². The number of allylic oxidation sites excluding steroid dienone is 1. The first kappa shape index (κ1) is 18.7. The van der Waals surface area contributed by atoms with Gasteiger partial charge in [0.25, 0.3) is 0 Å². The third-order valence-corrected chi connectivity index (χ3v) is 6.48. The fourth-order valence-electron chi connectivity index (χ4n) is 4.72. The standard InChI is InChI=1S/C22H24N2O4/c1-22(2)15-6-4-5-7-16(15)23(3)17(22)12-14-19(25)18(20(14)26)24-10-8-13(9-11-24)21(27)28/h4-7,12-13,18H,8-11H2,1-3H3. The summed E-state index contributed by atoms with van der Waals surface area (Å²) in [6.07, 6.45) is 2.58. The number of aliphatic carboxylic acids is 1. The fraction of sp³-hybridized carbons (Fsp3) is 0.455. The second kappa shape index (κ2) is 6.48. The monoisotopic (exact) mass is 380 g/mol. The molecule has 2 aliphatic heterocycles. The van der Waals surface area contributed by atoms with E-state index in [-0.39, 0.29) is 22.6 Å². The number of fused-ring (bicyclic) bond motifs is 1. The maximum Gasteiger partial charge on any atom is 0.209 e. The van der Waals surface area contributed by atoms with E-state index in [2.05, 4.69) is 19.9 Å². The molecular formula is C22H24N2O4. The zero-order valence-electron chi connectivity index (χ0n) is 16.4. The van der Waals surface area contributed by atoms with Crippen LogP contribution in [0.2, 0.25) is 0 Å². The Hall–Kier alpha value is -2.60. The predicted molar refractivity (Wildman–Crippen MR) is 102 cm³/mol. The van der Waals surface area contributed by atoms with E-state index >= 15 is 0 Å². The molecule has 0 unspecified atom stereocenters. The Morgan fingerprint density at radius 2 is 1.79 bits per heavy atom. The average Bonchev–Trinajstić information content (AvgIpc) is 2.87. The van der Waals surface area contributed by atoms with Crippen LogP contribution in [0.4, 0.5) is 5.69 Å². The van der Waals surface area contributed by atoms with Gasteiger partial charge in [-0.25, -0.2) is 0 Å². The number of carboxylic acid groups (broad SMARTS) is 1. The van der Waals surface area contributed by atoms with Crippen LogP contribution in [-0.4, -0.2) is 58.9 Å². The van der Waals surface area contributed by atoms with E-state index in [9.17, 15) is 19.5 Å². The molecule has 1 saturated heterocycles. The molecule has 1 aromatic rings. The molecule has 2 fully saturated rings. The van der Waals surface area contributed by atoms with Gasteiger partial charge in [-0.3, -0.25) is 14.5 Å². The summed E-state index contributed by atoms with van der Waals surface area (Å²) in [6, 6.07) is 7.33. The third-order valence-electron chi connectivity index (χ3n) is 6.48. The highest BCUT2D eigenvalue weighted by molar-refractivity contribution is 6.43. The highest BCUT2D eigenvalue weighted by atomic mass is 16.4. The van der Waals surface area contributed by atoms with Crippen molar-refractivity contribution in [3.8, 4) is 0 Å². The van der Waals surface area contributed by atoms with Crippen LogP contribution in [-0.2, 0) is 19.8 Å². The predicted octanol–water partition coefficient (Wildman–Crippen LogP) is 0.601. The van der Waals surface area contributed by atoms with Crippen molar-refractivity contribution < 1.29 is 24.1 Å². The van der Waals surface area contributed by atoms with Crippen molar-refractivity contribution in [1.82, 2.24) is 4.90 Å². The van der Waals surface area contributed by atoms with Gasteiger partial charge in [0.1, 0.15) is 13.1 Å². The Balaban J connectivity index is 1.56. The number of piperidine rings is 1. The molecule has 4 rings (SSSR count). The van der Waals surface area contributed by atoms with Gasteiger partial charge in [-0.05, 0) is 39.8 Å². The van der Waals surface area contributed by atoms with Gasteiger partial charge < -0.3 is 9.90 Å². The third kappa shape index (κ3) is 2.66. The van der Waals surface area contributed by atoms with Crippen LogP contribution in [0.3, 0.4) is 0 Å². The zero-order chi connectivity index (χ0) is 20.2. The molecule has 1 aromatic carbocycles. The number of hydrogen-bond acceptors (Lipinski definition) is 5. The molecule has 3 aliphatic rings. The Kier molecular flexibility index (Phi) is 4.34. The SMILES string of the molecule is C[N+]1=C(C=C2C(=O)C(N3CCC(C(=O)[O-])CC3)C2=O)C(C)(C)c2ccccc21. The van der Waals surface area contributed by atoms with Crippen molar-refractivity contribution >= 4 is 28.9 Å². The number of para-hydroxylation sites is 1. The molecule has 0 spiro atoms. The Morgan fingerprint density at radius 3 is 2.36 bits per heavy atom. The van der Waals surface area contributed by atoms with E-state index in [0.29, 0.717) is 25.9 Å². The molecule has 0 amide bonds. The number of nitrogens with zero attached hydrogens (tertiary/aromatic N) is 2. The molecular weight excluding hydrogens is 356 g/mol. The van der Waals surface area contributed by atoms with Crippen LogP contribution < -0.4 is 5.11 Å². The maximum absolute atomic E-state index is 12.8. The van der Waals surface area contributed by atoms with Gasteiger partial charge in [0.05, 0.1) is 11.0 Å². The largest absolute Gasteiger partial charge is 0.550 e. The summed E-state index contributed by atoms with van der Waals surface area (Å²) in [5.74, 6) is -1.86. The number of hydrogen-bond donors (Lipinski definition) is 0. The number of Topliss-reactive ketones (excluding diaryl/α,β-unsaturated/α-hetero) is 2. The van der Waals surface area contributed by atoms with Crippen LogP contribution >= 0.6 is 0 Å². The van der Waals surface area contributed by atoms with Crippen molar-refractivity contribution in [2.45, 2.75) is 38.1 Å². The van der Waals surface area contributed by atoms with Gasteiger partial charge in [0.2, 0.25) is 5.69 Å². The van der Waals surface area contributed by atoms with Crippen LogP contribution in [0.25, 0.3) is 0 Å². The fourth-order valence-corrected chi connectivity index (χ4v) is 4.72. The highest BCUT2D eigenvalue weighted by Gasteiger charge is 2.51. The average molecular weight is 380 g/mol. The molecule has 1 saturated carbocycles. The summed E-state index contributed by atoms with van der Waals surface area (Å²) >= 11 is 0. The van der Waals surface area contributed by atoms with Crippen LogP contribution in [0.15, 0.2) is 35.9 Å². The summed E-state index contributed by atoms with van der Waals surface area (Å²) in [7, 11) is 1.95. The van der Waals surface area contributed by atoms with Gasteiger partial charge in [-0.2, -0.15) is 4.58 Å². The maximum atomic E-state index is 12.8. The van der Waals surface area contributed by atoms with E-state index in [0.717, 1.165) is 11.4 Å². The van der Waals surface area contributed by atoms with E-state index < -0.39 is 17.9 Å². The van der Waals surface area contributed by atoms with E-state index in [1.807, 2.05) is 34.7 Å². The molecule has 1 aliphatic carbocycles. The molecule has 2 heterocycles. The summed E-state index contributed by atoms with van der Waals surface area (Å²) in [6.45, 7) is 5.05. The highest BCUT2D eigenvalue weighted by Crippen LogP contribution is 2.40. The van der Waals surface area contributed by atoms with Crippen LogP contribution in [0.5, 0.6) is 0 Å². The number of likely N-dealkylation sites (tertiary alicyclic amines) is 1. The second-order valence-electron chi connectivity index (χ2n) is 8.40. The second-order valence-corrected chi connectivity index (χ2v) is 8.40. The number of ketones is 2. The summed E-state index contributed by atoms with van der Waals surface area (Å²) in [4.78, 5) is 38.4. The molecule has 0 N–H and O–H groups in total. The molecule has 0 radical (unpaired) electrons. The van der Waals surface area contributed by atoms with Crippen molar-refractivity contribution in [2.24, 2.45) is 5.92 Å². The first-order chi connectivity index (χ1) is 13.2. The van der Waals surface area contributed by atoms with Gasteiger partial charge in [-0.1, -0.05) is 18.2 Å². The number of carbonyl (C=O) groups excluding carboxylic acids is 3. The zero-order valence-corrected chi connectivity index (χ0v) is 16.4. The number of benzene rings is 1. The molecule has 146 valence electrons. The number of carboxylic acids is 1. The lowest BCUT2D eigenvalue weighted by Gasteiger charge is -2.40. The molecule has 0 atom stereocenters. The first-order valence-corrected chi connectivity index (χ1v) is 9.69. The molecule has 6 nitrogen and oxygen atoms in total.